The molecule has 0 aliphatic heterocycles. The van der Waals surface area contributed by atoms with Gasteiger partial charge in [-0.05, 0) is 59.5 Å². The molecule has 1 aliphatic carbocycles. The molecule has 0 bridgehead atoms. The van der Waals surface area contributed by atoms with E-state index in [1.165, 1.54) is 22.0 Å². The van der Waals surface area contributed by atoms with Gasteiger partial charge >= 0.3 is 0 Å². The molecule has 1 aromatic carbocycles. The molecule has 0 aromatic heterocycles. The summed E-state index contributed by atoms with van der Waals surface area (Å²) in [5.74, 6) is 1.07. The molecule has 0 amide bonds. The first-order valence-electron chi connectivity index (χ1n) is 4.74. The van der Waals surface area contributed by atoms with Crippen LogP contribution in [0.1, 0.15) is 25.3 Å². The Balaban J connectivity index is 2.19. The molecule has 0 unspecified atom stereocenters. The third-order valence-corrected chi connectivity index (χ3v) is 3.11. The van der Waals surface area contributed by atoms with Gasteiger partial charge in [0.15, 0.2) is 0 Å². The summed E-state index contributed by atoms with van der Waals surface area (Å²) in [7, 11) is 0. The Hall–Kier alpha value is -0.250. The summed E-state index contributed by atoms with van der Waals surface area (Å²) in [5.41, 5.74) is 1.36. The molecule has 1 saturated carbocycles. The molecule has 1 fully saturated rings. The monoisotopic (exact) mass is 288 g/mol. The molecule has 2 rings (SSSR count). The van der Waals surface area contributed by atoms with Crippen LogP contribution in [0.2, 0.25) is 0 Å². The highest BCUT2D eigenvalue weighted by Gasteiger charge is 2.24. The van der Waals surface area contributed by atoms with E-state index >= 15 is 0 Å². The van der Waals surface area contributed by atoms with E-state index in [0.29, 0.717) is 6.10 Å². The van der Waals surface area contributed by atoms with Gasteiger partial charge < -0.3 is 4.74 Å². The van der Waals surface area contributed by atoms with Crippen LogP contribution in [0.4, 0.5) is 0 Å². The lowest BCUT2D eigenvalue weighted by Gasteiger charge is -2.08. The molecule has 0 radical (unpaired) electrons. The van der Waals surface area contributed by atoms with E-state index in [1.807, 2.05) is 0 Å². The smallest absolute Gasteiger partial charge is 0.133 e. The van der Waals surface area contributed by atoms with Crippen LogP contribution in [0.25, 0.3) is 0 Å². The van der Waals surface area contributed by atoms with Crippen LogP contribution >= 0.6 is 22.6 Å². The van der Waals surface area contributed by atoms with Crippen LogP contribution in [-0.4, -0.2) is 6.10 Å². The quantitative estimate of drug-likeness (QED) is 0.775. The highest BCUT2D eigenvalue weighted by Crippen LogP contribution is 2.30. The Bertz CT molecular complexity index is 305. The second-order valence-electron chi connectivity index (χ2n) is 3.44. The molecule has 0 saturated heterocycles. The van der Waals surface area contributed by atoms with Gasteiger partial charge in [0.25, 0.3) is 0 Å². The topological polar surface area (TPSA) is 9.23 Å². The third-order valence-electron chi connectivity index (χ3n) is 2.22. The molecule has 2 heteroatoms. The van der Waals surface area contributed by atoms with Gasteiger partial charge in [-0.2, -0.15) is 0 Å². The van der Waals surface area contributed by atoms with Gasteiger partial charge in [0.2, 0.25) is 0 Å². The number of aryl methyl sites for hydroxylation is 1. The number of benzene rings is 1. The molecule has 0 atom stereocenters. The first kappa shape index (κ1) is 9.31. The maximum absolute atomic E-state index is 5.79. The summed E-state index contributed by atoms with van der Waals surface area (Å²) < 4.78 is 7.01. The molecule has 0 spiro atoms. The van der Waals surface area contributed by atoms with Crippen molar-refractivity contribution in [1.82, 2.24) is 0 Å². The van der Waals surface area contributed by atoms with Gasteiger partial charge in [-0.1, -0.05) is 13.0 Å². The van der Waals surface area contributed by atoms with Gasteiger partial charge in [-0.15, -0.1) is 0 Å². The molecular weight excluding hydrogens is 275 g/mol. The van der Waals surface area contributed by atoms with Crippen molar-refractivity contribution in [2.24, 2.45) is 0 Å². The predicted molar refractivity (Wildman–Crippen MR) is 62.2 cm³/mol. The van der Waals surface area contributed by atoms with E-state index in [9.17, 15) is 0 Å². The number of ether oxygens (including phenoxy) is 1. The van der Waals surface area contributed by atoms with Crippen molar-refractivity contribution >= 4 is 22.6 Å². The Morgan fingerprint density at radius 2 is 2.23 bits per heavy atom. The van der Waals surface area contributed by atoms with Crippen LogP contribution in [0, 0.1) is 3.57 Å². The van der Waals surface area contributed by atoms with E-state index in [1.54, 1.807) is 0 Å². The lowest BCUT2D eigenvalue weighted by molar-refractivity contribution is 0.301. The second-order valence-corrected chi connectivity index (χ2v) is 4.60. The fraction of sp³-hybridized carbons (Fsp3) is 0.455. The zero-order valence-corrected chi connectivity index (χ0v) is 9.87. The van der Waals surface area contributed by atoms with Gasteiger partial charge in [0.1, 0.15) is 5.75 Å². The number of rotatable bonds is 3. The molecule has 1 aromatic rings. The van der Waals surface area contributed by atoms with Crippen molar-refractivity contribution < 1.29 is 4.74 Å². The molecule has 0 heterocycles. The van der Waals surface area contributed by atoms with Crippen LogP contribution < -0.4 is 4.74 Å². The average molecular weight is 288 g/mol. The Morgan fingerprint density at radius 3 is 2.85 bits per heavy atom. The Kier molecular flexibility index (Phi) is 2.77. The minimum absolute atomic E-state index is 0.501. The second kappa shape index (κ2) is 3.86. The van der Waals surface area contributed by atoms with Crippen molar-refractivity contribution in [3.05, 3.63) is 27.3 Å². The van der Waals surface area contributed by atoms with E-state index in [2.05, 4.69) is 47.7 Å². The van der Waals surface area contributed by atoms with E-state index in [0.717, 1.165) is 12.2 Å². The highest BCUT2D eigenvalue weighted by atomic mass is 127. The minimum atomic E-state index is 0.501. The standard InChI is InChI=1S/C11H13IO/c1-2-8-3-6-10(12)11(7-8)13-9-4-5-9/h3,6-7,9H,2,4-5H2,1H3. The van der Waals surface area contributed by atoms with Gasteiger partial charge in [0.05, 0.1) is 9.67 Å². The van der Waals surface area contributed by atoms with Gasteiger partial charge in [0, 0.05) is 0 Å². The Morgan fingerprint density at radius 1 is 1.46 bits per heavy atom. The predicted octanol–water partition coefficient (Wildman–Crippen LogP) is 3.39. The van der Waals surface area contributed by atoms with E-state index in [4.69, 9.17) is 4.74 Å². The summed E-state index contributed by atoms with van der Waals surface area (Å²) in [6.07, 6.45) is 4.04. The lowest BCUT2D eigenvalue weighted by atomic mass is 10.2. The van der Waals surface area contributed by atoms with E-state index < -0.39 is 0 Å². The summed E-state index contributed by atoms with van der Waals surface area (Å²) in [5, 5.41) is 0. The van der Waals surface area contributed by atoms with Crippen molar-refractivity contribution in [2.75, 3.05) is 0 Å². The van der Waals surface area contributed by atoms with Gasteiger partial charge in [-0.3, -0.25) is 0 Å². The van der Waals surface area contributed by atoms with Crippen LogP contribution in [0.15, 0.2) is 18.2 Å². The number of hydrogen-bond acceptors (Lipinski definition) is 1. The zero-order chi connectivity index (χ0) is 9.26. The highest BCUT2D eigenvalue weighted by molar-refractivity contribution is 14.1. The first-order chi connectivity index (χ1) is 6.29. The fourth-order valence-corrected chi connectivity index (χ4v) is 1.69. The molecule has 0 N–H and O–H groups in total. The minimum Gasteiger partial charge on any atom is -0.489 e. The number of halogens is 1. The van der Waals surface area contributed by atoms with Gasteiger partial charge in [-0.25, -0.2) is 0 Å². The normalized spacial score (nSPS) is 15.8. The van der Waals surface area contributed by atoms with Crippen LogP contribution in [0.5, 0.6) is 5.75 Å². The van der Waals surface area contributed by atoms with Crippen LogP contribution in [0.3, 0.4) is 0 Å². The summed E-state index contributed by atoms with van der Waals surface area (Å²) in [6.45, 7) is 2.17. The van der Waals surface area contributed by atoms with Crippen molar-refractivity contribution in [3.63, 3.8) is 0 Å². The molecule has 13 heavy (non-hydrogen) atoms. The maximum Gasteiger partial charge on any atom is 0.133 e. The summed E-state index contributed by atoms with van der Waals surface area (Å²) in [4.78, 5) is 0. The van der Waals surface area contributed by atoms with Crippen molar-refractivity contribution in [2.45, 2.75) is 32.3 Å². The lowest BCUT2D eigenvalue weighted by Crippen LogP contribution is -1.98. The Labute approximate surface area is 92.6 Å². The SMILES string of the molecule is CCc1ccc(I)c(OC2CC2)c1. The maximum atomic E-state index is 5.79. The largest absolute Gasteiger partial charge is 0.489 e. The van der Waals surface area contributed by atoms with Crippen molar-refractivity contribution in [1.29, 1.82) is 0 Å². The first-order valence-corrected chi connectivity index (χ1v) is 5.82. The van der Waals surface area contributed by atoms with Crippen molar-refractivity contribution in [3.8, 4) is 5.75 Å². The number of hydrogen-bond donors (Lipinski definition) is 0. The molecule has 1 aliphatic rings. The molecule has 1 nitrogen and oxygen atoms in total. The molecular formula is C11H13IO. The fourth-order valence-electron chi connectivity index (χ4n) is 1.22. The molecule has 70 valence electrons. The zero-order valence-electron chi connectivity index (χ0n) is 7.72. The average Bonchev–Trinajstić information content (AvgIpc) is 2.93. The summed E-state index contributed by atoms with van der Waals surface area (Å²) in [6, 6.07) is 6.47. The summed E-state index contributed by atoms with van der Waals surface area (Å²) >= 11 is 2.33. The third kappa shape index (κ3) is 2.36. The van der Waals surface area contributed by atoms with E-state index in [-0.39, 0.29) is 0 Å². The van der Waals surface area contributed by atoms with Crippen LogP contribution in [-0.2, 0) is 6.42 Å².